The zero-order valence-corrected chi connectivity index (χ0v) is 7.16. The Morgan fingerprint density at radius 3 is 2.42 bits per heavy atom. The van der Waals surface area contributed by atoms with Crippen LogP contribution in [-0.4, -0.2) is 18.0 Å². The van der Waals surface area contributed by atoms with Crippen LogP contribution in [0.25, 0.3) is 0 Å². The molecule has 3 heteroatoms. The molecule has 0 aliphatic heterocycles. The Balaban J connectivity index is 3.03. The molecule has 0 saturated heterocycles. The lowest BCUT2D eigenvalue weighted by molar-refractivity contribution is -0.111. The predicted molar refractivity (Wildman–Crippen MR) is 47.1 cm³/mol. The molecular formula is C9H9ClO2. The van der Waals surface area contributed by atoms with Crippen molar-refractivity contribution in [3.8, 4) is 0 Å². The molecule has 1 aromatic rings. The van der Waals surface area contributed by atoms with E-state index < -0.39 is 4.87 Å². The maximum atomic E-state index is 10.6. The largest absolute Gasteiger partial charge is 0.394 e. The average molecular weight is 185 g/mol. The van der Waals surface area contributed by atoms with Gasteiger partial charge in [-0.05, 0) is 5.56 Å². The Kier molecular flexibility index (Phi) is 2.84. The Bertz CT molecular complexity index is 260. The highest BCUT2D eigenvalue weighted by Gasteiger charge is 2.27. The average Bonchev–Trinajstić information content (AvgIpc) is 2.18. The Labute approximate surface area is 75.8 Å². The van der Waals surface area contributed by atoms with Crippen LogP contribution in [0.4, 0.5) is 0 Å². The number of hydrogen-bond acceptors (Lipinski definition) is 2. The van der Waals surface area contributed by atoms with Crippen molar-refractivity contribution in [2.24, 2.45) is 0 Å². The van der Waals surface area contributed by atoms with Crippen molar-refractivity contribution in [2.75, 3.05) is 6.61 Å². The zero-order chi connectivity index (χ0) is 9.03. The number of aliphatic hydroxyl groups excluding tert-OH is 1. The van der Waals surface area contributed by atoms with Crippen LogP contribution in [0.1, 0.15) is 5.56 Å². The number of aliphatic hydroxyl groups is 1. The Morgan fingerprint density at radius 2 is 2.00 bits per heavy atom. The normalized spacial score (nSPS) is 15.2. The van der Waals surface area contributed by atoms with Gasteiger partial charge in [-0.2, -0.15) is 0 Å². The van der Waals surface area contributed by atoms with E-state index in [0.29, 0.717) is 11.8 Å². The highest BCUT2D eigenvalue weighted by molar-refractivity contribution is 6.31. The van der Waals surface area contributed by atoms with Crippen molar-refractivity contribution in [2.45, 2.75) is 4.87 Å². The Hall–Kier alpha value is -0.860. The third-order valence-electron chi connectivity index (χ3n) is 1.67. The van der Waals surface area contributed by atoms with Gasteiger partial charge in [-0.1, -0.05) is 30.3 Å². The molecule has 0 aliphatic rings. The predicted octanol–water partition coefficient (Wildman–Crippen LogP) is 1.31. The summed E-state index contributed by atoms with van der Waals surface area (Å²) in [5.74, 6) is 0. The van der Waals surface area contributed by atoms with E-state index in [0.717, 1.165) is 0 Å². The molecule has 0 heterocycles. The van der Waals surface area contributed by atoms with Crippen LogP contribution >= 0.6 is 11.6 Å². The van der Waals surface area contributed by atoms with Gasteiger partial charge < -0.3 is 9.90 Å². The highest BCUT2D eigenvalue weighted by atomic mass is 35.5. The molecule has 1 rings (SSSR count). The molecule has 0 radical (unpaired) electrons. The van der Waals surface area contributed by atoms with Gasteiger partial charge in [-0.3, -0.25) is 0 Å². The molecule has 0 aromatic heterocycles. The zero-order valence-electron chi connectivity index (χ0n) is 6.40. The highest BCUT2D eigenvalue weighted by Crippen LogP contribution is 2.25. The first kappa shape index (κ1) is 9.23. The molecule has 0 fully saturated rings. The van der Waals surface area contributed by atoms with Crippen LogP contribution in [-0.2, 0) is 9.67 Å². The lowest BCUT2D eigenvalue weighted by Crippen LogP contribution is -2.25. The van der Waals surface area contributed by atoms with Crippen LogP contribution in [0, 0.1) is 0 Å². The number of hydrogen-bond donors (Lipinski definition) is 1. The van der Waals surface area contributed by atoms with E-state index in [1.807, 2.05) is 6.07 Å². The minimum Gasteiger partial charge on any atom is -0.394 e. The second-order valence-corrected chi connectivity index (χ2v) is 3.18. The van der Waals surface area contributed by atoms with E-state index >= 15 is 0 Å². The lowest BCUT2D eigenvalue weighted by Gasteiger charge is -2.17. The molecular weight excluding hydrogens is 176 g/mol. The van der Waals surface area contributed by atoms with Gasteiger partial charge in [0.15, 0.2) is 0 Å². The molecule has 1 N–H and O–H groups in total. The SMILES string of the molecule is O=CC(Cl)(CO)c1ccccc1. The molecule has 1 aromatic carbocycles. The molecule has 12 heavy (non-hydrogen) atoms. The van der Waals surface area contributed by atoms with Crippen molar-refractivity contribution in [3.05, 3.63) is 35.9 Å². The molecule has 0 amide bonds. The first-order chi connectivity index (χ1) is 5.73. The summed E-state index contributed by atoms with van der Waals surface area (Å²) < 4.78 is 0. The molecule has 0 bridgehead atoms. The third-order valence-corrected chi connectivity index (χ3v) is 2.10. The quantitative estimate of drug-likeness (QED) is 0.568. The number of aldehydes is 1. The fourth-order valence-corrected chi connectivity index (χ4v) is 1.04. The van der Waals surface area contributed by atoms with Gasteiger partial charge in [0.05, 0.1) is 6.61 Å². The van der Waals surface area contributed by atoms with Crippen LogP contribution in [0.2, 0.25) is 0 Å². The minimum atomic E-state index is -1.28. The monoisotopic (exact) mass is 184 g/mol. The summed E-state index contributed by atoms with van der Waals surface area (Å²) in [5.41, 5.74) is 0.615. The molecule has 1 atom stereocenters. The second-order valence-electron chi connectivity index (χ2n) is 2.50. The molecule has 0 spiro atoms. The standard InChI is InChI=1S/C9H9ClO2/c10-9(6-11,7-12)8-4-2-1-3-5-8/h1-6,12H,7H2. The minimum absolute atomic E-state index is 0.387. The van der Waals surface area contributed by atoms with Crippen molar-refractivity contribution in [1.29, 1.82) is 0 Å². The summed E-state index contributed by atoms with van der Waals surface area (Å²) in [6.07, 6.45) is 0.546. The topological polar surface area (TPSA) is 37.3 Å². The van der Waals surface area contributed by atoms with Gasteiger partial charge in [0.2, 0.25) is 0 Å². The van der Waals surface area contributed by atoms with Crippen molar-refractivity contribution < 1.29 is 9.90 Å². The smallest absolute Gasteiger partial charge is 0.147 e. The fourth-order valence-electron chi connectivity index (χ4n) is 0.912. The van der Waals surface area contributed by atoms with E-state index in [-0.39, 0.29) is 6.61 Å². The maximum Gasteiger partial charge on any atom is 0.147 e. The molecule has 64 valence electrons. The summed E-state index contributed by atoms with van der Waals surface area (Å²) in [4.78, 5) is 9.29. The van der Waals surface area contributed by atoms with Gasteiger partial charge in [0.1, 0.15) is 11.2 Å². The van der Waals surface area contributed by atoms with E-state index in [1.54, 1.807) is 24.3 Å². The molecule has 0 saturated carbocycles. The van der Waals surface area contributed by atoms with Gasteiger partial charge in [0, 0.05) is 0 Å². The number of alkyl halides is 1. The first-order valence-electron chi connectivity index (χ1n) is 3.54. The molecule has 2 nitrogen and oxygen atoms in total. The lowest BCUT2D eigenvalue weighted by atomic mass is 10.0. The van der Waals surface area contributed by atoms with Crippen LogP contribution in [0.5, 0.6) is 0 Å². The molecule has 1 unspecified atom stereocenters. The van der Waals surface area contributed by atoms with E-state index in [1.165, 1.54) is 0 Å². The first-order valence-corrected chi connectivity index (χ1v) is 3.92. The van der Waals surface area contributed by atoms with E-state index in [4.69, 9.17) is 16.7 Å². The Morgan fingerprint density at radius 1 is 1.42 bits per heavy atom. The van der Waals surface area contributed by atoms with Gasteiger partial charge in [0.25, 0.3) is 0 Å². The van der Waals surface area contributed by atoms with Crippen LogP contribution in [0.3, 0.4) is 0 Å². The summed E-state index contributed by atoms with van der Waals surface area (Å²) >= 11 is 5.82. The van der Waals surface area contributed by atoms with Crippen molar-refractivity contribution in [3.63, 3.8) is 0 Å². The summed E-state index contributed by atoms with van der Waals surface area (Å²) in [6.45, 7) is -0.387. The number of halogens is 1. The van der Waals surface area contributed by atoms with Crippen LogP contribution in [0.15, 0.2) is 30.3 Å². The number of rotatable bonds is 3. The second kappa shape index (κ2) is 3.70. The number of benzene rings is 1. The number of carbonyl (C=O) groups excluding carboxylic acids is 1. The van der Waals surface area contributed by atoms with Crippen LogP contribution < -0.4 is 0 Å². The van der Waals surface area contributed by atoms with Gasteiger partial charge in [-0.15, -0.1) is 11.6 Å². The fraction of sp³-hybridized carbons (Fsp3) is 0.222. The van der Waals surface area contributed by atoms with Gasteiger partial charge >= 0.3 is 0 Å². The summed E-state index contributed by atoms with van der Waals surface area (Å²) in [6, 6.07) is 8.77. The summed E-state index contributed by atoms with van der Waals surface area (Å²) in [5, 5.41) is 8.88. The van der Waals surface area contributed by atoms with E-state index in [9.17, 15) is 4.79 Å². The number of carbonyl (C=O) groups is 1. The maximum absolute atomic E-state index is 10.6. The summed E-state index contributed by atoms with van der Waals surface area (Å²) in [7, 11) is 0. The van der Waals surface area contributed by atoms with Crippen molar-refractivity contribution in [1.82, 2.24) is 0 Å². The van der Waals surface area contributed by atoms with Gasteiger partial charge in [-0.25, -0.2) is 0 Å². The van der Waals surface area contributed by atoms with Crippen molar-refractivity contribution >= 4 is 17.9 Å². The molecule has 0 aliphatic carbocycles. The van der Waals surface area contributed by atoms with E-state index in [2.05, 4.69) is 0 Å². The third kappa shape index (κ3) is 1.65.